The average molecular weight is 430 g/mol. The first kappa shape index (κ1) is 24.2. The maximum absolute atomic E-state index is 12.5. The Hall–Kier alpha value is -3.06. The molecule has 0 saturated carbocycles. The fraction of sp³-hybridized carbons (Fsp3) is 0.417. The van der Waals surface area contributed by atoms with Crippen LogP contribution in [-0.4, -0.2) is 48.4 Å². The molecule has 2 aromatic rings. The van der Waals surface area contributed by atoms with Gasteiger partial charge < -0.3 is 24.2 Å². The van der Waals surface area contributed by atoms with Crippen LogP contribution in [0.2, 0.25) is 0 Å². The minimum atomic E-state index is -0.580. The molecule has 1 aliphatic heterocycles. The van der Waals surface area contributed by atoms with Crippen molar-refractivity contribution in [3.05, 3.63) is 64.7 Å². The highest BCUT2D eigenvalue weighted by Crippen LogP contribution is 2.32. The molecule has 0 saturated heterocycles. The number of aliphatic hydroxyl groups excluding tert-OH is 1. The van der Waals surface area contributed by atoms with Gasteiger partial charge >= 0.3 is 12.1 Å². The van der Waals surface area contributed by atoms with E-state index in [-0.39, 0.29) is 6.54 Å². The van der Waals surface area contributed by atoms with Gasteiger partial charge in [0.05, 0.1) is 19.2 Å². The van der Waals surface area contributed by atoms with Crippen LogP contribution in [0.1, 0.15) is 47.8 Å². The lowest BCUT2D eigenvalue weighted by Gasteiger charge is -2.32. The van der Waals surface area contributed by atoms with Crippen LogP contribution >= 0.6 is 0 Å². The largest absolute Gasteiger partial charge is 0.489 e. The first-order valence-corrected chi connectivity index (χ1v) is 10.1. The number of hydrogen-bond acceptors (Lipinski definition) is 6. The summed E-state index contributed by atoms with van der Waals surface area (Å²) in [6.45, 7) is 6.70. The molecule has 3 rings (SSSR count). The van der Waals surface area contributed by atoms with Gasteiger partial charge in [-0.05, 0) is 50.5 Å². The number of amides is 1. The van der Waals surface area contributed by atoms with Crippen LogP contribution < -0.4 is 4.74 Å². The Morgan fingerprint density at radius 2 is 1.71 bits per heavy atom. The molecule has 1 aliphatic rings. The molecule has 7 heteroatoms. The van der Waals surface area contributed by atoms with E-state index in [2.05, 4.69) is 0 Å². The molecular weight excluding hydrogens is 398 g/mol. The van der Waals surface area contributed by atoms with E-state index < -0.39 is 17.7 Å². The fourth-order valence-corrected chi connectivity index (χ4v) is 3.30. The molecule has 1 amide bonds. The van der Waals surface area contributed by atoms with E-state index in [4.69, 9.17) is 19.3 Å². The van der Waals surface area contributed by atoms with Gasteiger partial charge in [0.1, 0.15) is 18.0 Å². The van der Waals surface area contributed by atoms with Gasteiger partial charge in [0.15, 0.2) is 0 Å². The number of nitrogens with zero attached hydrogens (tertiary/aromatic N) is 1. The van der Waals surface area contributed by atoms with Crippen molar-refractivity contribution in [2.24, 2.45) is 0 Å². The predicted molar refractivity (Wildman–Crippen MR) is 117 cm³/mol. The number of hydrogen-bond donors (Lipinski definition) is 1. The van der Waals surface area contributed by atoms with Gasteiger partial charge in [-0.2, -0.15) is 0 Å². The number of carbonyl (C=O) groups excluding carboxylic acids is 2. The summed E-state index contributed by atoms with van der Waals surface area (Å²) in [5.74, 6) is 0.294. The Morgan fingerprint density at radius 1 is 1.03 bits per heavy atom. The topological polar surface area (TPSA) is 85.3 Å². The summed E-state index contributed by atoms with van der Waals surface area (Å²) < 4.78 is 16.5. The molecule has 0 aromatic heterocycles. The highest BCUT2D eigenvalue weighted by molar-refractivity contribution is 5.92. The van der Waals surface area contributed by atoms with Crippen LogP contribution in [0.5, 0.6) is 5.75 Å². The Labute approximate surface area is 183 Å². The molecule has 0 atom stereocenters. The molecular formula is C24H31NO6. The van der Waals surface area contributed by atoms with Crippen molar-refractivity contribution in [1.82, 2.24) is 4.90 Å². The van der Waals surface area contributed by atoms with Gasteiger partial charge in [-0.3, -0.25) is 0 Å². The number of fused-ring (bicyclic) bond motifs is 1. The molecule has 0 aliphatic carbocycles. The van der Waals surface area contributed by atoms with Crippen LogP contribution in [0.3, 0.4) is 0 Å². The smallest absolute Gasteiger partial charge is 0.410 e. The SMILES string of the molecule is CO.COC(=O)c1ccc(OCc2ccccc2)c2c1CN(C(=O)OC(C)(C)C)CC2. The van der Waals surface area contributed by atoms with Crippen molar-refractivity contribution in [2.45, 2.75) is 45.9 Å². The van der Waals surface area contributed by atoms with Crippen molar-refractivity contribution in [2.75, 3.05) is 20.8 Å². The van der Waals surface area contributed by atoms with Crippen LogP contribution in [-0.2, 0) is 29.0 Å². The number of methoxy groups -OCH3 is 1. The molecule has 0 bridgehead atoms. The van der Waals surface area contributed by atoms with Gasteiger partial charge in [0, 0.05) is 19.2 Å². The lowest BCUT2D eigenvalue weighted by Crippen LogP contribution is -2.40. The minimum absolute atomic E-state index is 0.275. The zero-order valence-electron chi connectivity index (χ0n) is 18.8. The predicted octanol–water partition coefficient (Wildman–Crippen LogP) is 3.95. The van der Waals surface area contributed by atoms with E-state index in [1.807, 2.05) is 51.1 Å². The summed E-state index contributed by atoms with van der Waals surface area (Å²) in [5, 5.41) is 7.00. The normalized spacial score (nSPS) is 12.8. The number of aliphatic hydroxyl groups is 1. The van der Waals surface area contributed by atoms with Crippen LogP contribution in [0.15, 0.2) is 42.5 Å². The summed E-state index contributed by atoms with van der Waals surface area (Å²) in [4.78, 5) is 26.4. The van der Waals surface area contributed by atoms with E-state index in [9.17, 15) is 9.59 Å². The molecule has 7 nitrogen and oxygen atoms in total. The van der Waals surface area contributed by atoms with Gasteiger partial charge in [0.25, 0.3) is 0 Å². The quantitative estimate of drug-likeness (QED) is 0.741. The second-order valence-electron chi connectivity index (χ2n) is 7.99. The Morgan fingerprint density at radius 3 is 2.32 bits per heavy atom. The van der Waals surface area contributed by atoms with E-state index in [1.165, 1.54) is 7.11 Å². The molecule has 1 N–H and O–H groups in total. The molecule has 0 unspecified atom stereocenters. The highest BCUT2D eigenvalue weighted by atomic mass is 16.6. The lowest BCUT2D eigenvalue weighted by atomic mass is 9.94. The molecule has 0 spiro atoms. The van der Waals surface area contributed by atoms with Crippen molar-refractivity contribution in [3.8, 4) is 5.75 Å². The fourth-order valence-electron chi connectivity index (χ4n) is 3.30. The van der Waals surface area contributed by atoms with Crippen LogP contribution in [0.4, 0.5) is 4.79 Å². The van der Waals surface area contributed by atoms with Gasteiger partial charge in [-0.1, -0.05) is 30.3 Å². The maximum atomic E-state index is 12.5. The summed E-state index contributed by atoms with van der Waals surface area (Å²) in [5.41, 5.74) is 2.61. The number of benzene rings is 2. The Balaban J connectivity index is 0.00000166. The van der Waals surface area contributed by atoms with Gasteiger partial charge in [0.2, 0.25) is 0 Å². The van der Waals surface area contributed by atoms with Crippen molar-refractivity contribution < 1.29 is 28.9 Å². The first-order chi connectivity index (χ1) is 14.8. The number of carbonyl (C=O) groups is 2. The second kappa shape index (κ2) is 10.8. The molecule has 1 heterocycles. The van der Waals surface area contributed by atoms with Crippen molar-refractivity contribution in [1.29, 1.82) is 0 Å². The Kier molecular flexibility index (Phi) is 8.45. The third-order valence-corrected chi connectivity index (χ3v) is 4.66. The second-order valence-corrected chi connectivity index (χ2v) is 7.99. The molecule has 31 heavy (non-hydrogen) atoms. The molecule has 0 fully saturated rings. The van der Waals surface area contributed by atoms with E-state index in [1.54, 1.807) is 17.0 Å². The van der Waals surface area contributed by atoms with Crippen molar-refractivity contribution >= 4 is 12.1 Å². The summed E-state index contributed by atoms with van der Waals surface area (Å²) in [6, 6.07) is 13.4. The van der Waals surface area contributed by atoms with Gasteiger partial charge in [-0.25, -0.2) is 9.59 Å². The highest BCUT2D eigenvalue weighted by Gasteiger charge is 2.30. The first-order valence-electron chi connectivity index (χ1n) is 10.1. The zero-order chi connectivity index (χ0) is 23.0. The van der Waals surface area contributed by atoms with E-state index >= 15 is 0 Å². The number of ether oxygens (including phenoxy) is 3. The Bertz CT molecular complexity index is 889. The van der Waals surface area contributed by atoms with Gasteiger partial charge in [-0.15, -0.1) is 0 Å². The van der Waals surface area contributed by atoms with E-state index in [0.717, 1.165) is 29.5 Å². The lowest BCUT2D eigenvalue weighted by molar-refractivity contribution is 0.0219. The molecule has 2 aromatic carbocycles. The monoisotopic (exact) mass is 429 g/mol. The number of rotatable bonds is 4. The minimum Gasteiger partial charge on any atom is -0.489 e. The third-order valence-electron chi connectivity index (χ3n) is 4.66. The zero-order valence-corrected chi connectivity index (χ0v) is 18.8. The van der Waals surface area contributed by atoms with E-state index in [0.29, 0.717) is 25.1 Å². The maximum Gasteiger partial charge on any atom is 0.410 e. The number of esters is 1. The summed E-state index contributed by atoms with van der Waals surface area (Å²) >= 11 is 0. The molecule has 168 valence electrons. The molecule has 0 radical (unpaired) electrons. The van der Waals surface area contributed by atoms with Crippen molar-refractivity contribution in [3.63, 3.8) is 0 Å². The average Bonchev–Trinajstić information content (AvgIpc) is 2.77. The summed E-state index contributed by atoms with van der Waals surface area (Å²) in [7, 11) is 2.35. The van der Waals surface area contributed by atoms with Crippen LogP contribution in [0.25, 0.3) is 0 Å². The third kappa shape index (κ3) is 6.46. The van der Waals surface area contributed by atoms with Crippen LogP contribution in [0, 0.1) is 0 Å². The summed E-state index contributed by atoms with van der Waals surface area (Å²) in [6.07, 6.45) is 0.179. The standard InChI is InChI=1S/C23H27NO5.CH4O/c1-23(2,3)29-22(26)24-13-12-17-19(14-24)18(21(25)27-4)10-11-20(17)28-15-16-8-6-5-7-9-16;1-2/h5-11H,12-15H2,1-4H3;2H,1H3.